The zero-order valence-electron chi connectivity index (χ0n) is 16.9. The van der Waals surface area contributed by atoms with Crippen LogP contribution < -0.4 is 15.4 Å². The van der Waals surface area contributed by atoms with Crippen LogP contribution in [0.5, 0.6) is 5.75 Å². The zero-order valence-corrected chi connectivity index (χ0v) is 17.7. The van der Waals surface area contributed by atoms with Crippen LogP contribution in [0.2, 0.25) is 5.02 Å². The number of aliphatic imine (C=N–C) groups is 2. The van der Waals surface area contributed by atoms with Gasteiger partial charge in [0.2, 0.25) is 5.91 Å². The molecule has 0 aliphatic carbocycles. The second-order valence-corrected chi connectivity index (χ2v) is 7.76. The summed E-state index contributed by atoms with van der Waals surface area (Å²) in [6.07, 6.45) is 2.30. The van der Waals surface area contributed by atoms with Crippen molar-refractivity contribution >= 4 is 29.2 Å². The Bertz CT molecular complexity index is 1060. The van der Waals surface area contributed by atoms with Gasteiger partial charge < -0.3 is 15.4 Å². The summed E-state index contributed by atoms with van der Waals surface area (Å²) in [5.41, 5.74) is 3.76. The summed E-state index contributed by atoms with van der Waals surface area (Å²) in [6.45, 7) is 5.20. The van der Waals surface area contributed by atoms with Crippen molar-refractivity contribution in [1.82, 2.24) is 10.6 Å². The highest BCUT2D eigenvalue weighted by molar-refractivity contribution is 6.31. The molecular formula is C23H23ClN4O2. The van der Waals surface area contributed by atoms with Crippen molar-refractivity contribution in [2.24, 2.45) is 9.98 Å². The lowest BCUT2D eigenvalue weighted by Crippen LogP contribution is -2.46. The molecule has 30 heavy (non-hydrogen) atoms. The molecule has 2 heterocycles. The van der Waals surface area contributed by atoms with Crippen LogP contribution in [0.3, 0.4) is 0 Å². The number of halogens is 1. The number of ether oxygens (including phenoxy) is 1. The van der Waals surface area contributed by atoms with Gasteiger partial charge in [0.25, 0.3) is 0 Å². The number of nitrogens with zero attached hydrogens (tertiary/aromatic N) is 2. The average Bonchev–Trinajstić information content (AvgIpc) is 3.11. The van der Waals surface area contributed by atoms with Crippen molar-refractivity contribution < 1.29 is 9.53 Å². The van der Waals surface area contributed by atoms with Gasteiger partial charge in [0, 0.05) is 23.2 Å². The van der Waals surface area contributed by atoms with Crippen LogP contribution in [0.1, 0.15) is 23.1 Å². The summed E-state index contributed by atoms with van der Waals surface area (Å²) < 4.78 is 5.79. The molecule has 1 unspecified atom stereocenters. The highest BCUT2D eigenvalue weighted by atomic mass is 35.5. The average molecular weight is 423 g/mol. The van der Waals surface area contributed by atoms with E-state index in [1.807, 2.05) is 56.3 Å². The predicted octanol–water partition coefficient (Wildman–Crippen LogP) is 3.56. The van der Waals surface area contributed by atoms with E-state index in [-0.39, 0.29) is 11.9 Å². The molecule has 0 fully saturated rings. The first kappa shape index (κ1) is 20.2. The normalized spacial score (nSPS) is 17.5. The molecule has 154 valence electrons. The molecule has 2 aliphatic heterocycles. The van der Waals surface area contributed by atoms with E-state index < -0.39 is 0 Å². The van der Waals surface area contributed by atoms with Gasteiger partial charge in [-0.15, -0.1) is 0 Å². The number of benzene rings is 2. The van der Waals surface area contributed by atoms with Gasteiger partial charge in [0.05, 0.1) is 12.3 Å². The van der Waals surface area contributed by atoms with Crippen molar-refractivity contribution in [2.45, 2.75) is 26.3 Å². The van der Waals surface area contributed by atoms with Crippen molar-refractivity contribution in [1.29, 1.82) is 0 Å². The number of amides is 1. The number of carbonyl (C=O) groups is 1. The maximum Gasteiger partial charge on any atom is 0.246 e. The highest BCUT2D eigenvalue weighted by Gasteiger charge is 2.32. The van der Waals surface area contributed by atoms with E-state index in [4.69, 9.17) is 16.3 Å². The number of carbonyl (C=O) groups excluding carboxylic acids is 1. The van der Waals surface area contributed by atoms with E-state index in [2.05, 4.69) is 20.6 Å². The Balaban J connectivity index is 1.38. The molecule has 0 saturated carbocycles. The van der Waals surface area contributed by atoms with Crippen molar-refractivity contribution in [3.8, 4) is 5.75 Å². The van der Waals surface area contributed by atoms with Crippen LogP contribution >= 0.6 is 11.6 Å². The van der Waals surface area contributed by atoms with Crippen molar-refractivity contribution in [3.63, 3.8) is 0 Å². The second-order valence-electron chi connectivity index (χ2n) is 7.35. The first-order chi connectivity index (χ1) is 14.5. The Hall–Kier alpha value is -3.12. The third kappa shape index (κ3) is 4.54. The molecule has 1 amide bonds. The molecule has 2 aliphatic rings. The summed E-state index contributed by atoms with van der Waals surface area (Å²) in [5, 5.41) is 6.96. The Morgan fingerprint density at radius 1 is 1.13 bits per heavy atom. The van der Waals surface area contributed by atoms with Crippen molar-refractivity contribution in [2.75, 3.05) is 13.2 Å². The van der Waals surface area contributed by atoms with Crippen LogP contribution in [-0.2, 0) is 4.79 Å². The Labute approximate surface area is 180 Å². The Kier molecular flexibility index (Phi) is 5.86. The second kappa shape index (κ2) is 8.71. The quantitative estimate of drug-likeness (QED) is 0.699. The summed E-state index contributed by atoms with van der Waals surface area (Å²) in [5.74, 6) is 1.94. The number of rotatable bonds is 6. The minimum Gasteiger partial charge on any atom is -0.494 e. The zero-order chi connectivity index (χ0) is 21.1. The Morgan fingerprint density at radius 3 is 2.70 bits per heavy atom. The molecule has 2 aromatic rings. The maximum atomic E-state index is 11.9. The molecule has 0 saturated heterocycles. The van der Waals surface area contributed by atoms with Gasteiger partial charge in [0.1, 0.15) is 17.6 Å². The van der Waals surface area contributed by atoms with Crippen LogP contribution in [0.4, 0.5) is 0 Å². The van der Waals surface area contributed by atoms with E-state index in [0.29, 0.717) is 30.5 Å². The van der Waals surface area contributed by atoms with Gasteiger partial charge in [-0.05, 0) is 44.0 Å². The molecule has 0 radical (unpaired) electrons. The molecular weight excluding hydrogens is 400 g/mol. The molecule has 2 aromatic carbocycles. The fourth-order valence-electron chi connectivity index (χ4n) is 3.27. The molecule has 0 spiro atoms. The lowest BCUT2D eigenvalue weighted by Gasteiger charge is -2.22. The van der Waals surface area contributed by atoms with Gasteiger partial charge in [-0.2, -0.15) is 0 Å². The highest BCUT2D eigenvalue weighted by Crippen LogP contribution is 2.22. The SMILES string of the molecule is Cc1ccc(C2=NC3=CC(=O)NC3C(NCCCOc3ccc(Cl)c(C)c3)=N2)cc1. The molecule has 0 aromatic heterocycles. The molecule has 4 rings (SSSR count). The molecule has 7 heteroatoms. The molecule has 2 N–H and O–H groups in total. The molecule has 6 nitrogen and oxygen atoms in total. The first-order valence-electron chi connectivity index (χ1n) is 9.89. The minimum absolute atomic E-state index is 0.153. The predicted molar refractivity (Wildman–Crippen MR) is 119 cm³/mol. The van der Waals surface area contributed by atoms with E-state index in [9.17, 15) is 4.79 Å². The van der Waals surface area contributed by atoms with Crippen molar-refractivity contribution in [3.05, 3.63) is 76.0 Å². The van der Waals surface area contributed by atoms with E-state index in [1.54, 1.807) is 0 Å². The van der Waals surface area contributed by atoms with Gasteiger partial charge in [-0.1, -0.05) is 41.4 Å². The number of hydrogen-bond acceptors (Lipinski definition) is 5. The third-order valence-electron chi connectivity index (χ3n) is 4.93. The third-order valence-corrected chi connectivity index (χ3v) is 5.36. The van der Waals surface area contributed by atoms with E-state index >= 15 is 0 Å². The number of hydrogen-bond donors (Lipinski definition) is 2. The molecule has 0 bridgehead atoms. The van der Waals surface area contributed by atoms with Crippen LogP contribution in [0.15, 0.2) is 64.2 Å². The van der Waals surface area contributed by atoms with Gasteiger partial charge >= 0.3 is 0 Å². The summed E-state index contributed by atoms with van der Waals surface area (Å²) in [7, 11) is 0. The Morgan fingerprint density at radius 2 is 1.93 bits per heavy atom. The first-order valence-corrected chi connectivity index (χ1v) is 10.3. The number of nitrogens with one attached hydrogen (secondary N) is 2. The lowest BCUT2D eigenvalue weighted by molar-refractivity contribution is -0.115. The van der Waals surface area contributed by atoms with Crippen LogP contribution in [-0.4, -0.2) is 36.8 Å². The van der Waals surface area contributed by atoms with Crippen LogP contribution in [0, 0.1) is 13.8 Å². The van der Waals surface area contributed by atoms with Gasteiger partial charge in [0.15, 0.2) is 5.84 Å². The summed E-state index contributed by atoms with van der Waals surface area (Å²) in [6, 6.07) is 13.3. The fraction of sp³-hybridized carbons (Fsp3) is 0.261. The summed E-state index contributed by atoms with van der Waals surface area (Å²) >= 11 is 6.05. The van der Waals surface area contributed by atoms with Crippen LogP contribution in [0.25, 0.3) is 0 Å². The maximum absolute atomic E-state index is 11.9. The van der Waals surface area contributed by atoms with Gasteiger partial charge in [-0.3, -0.25) is 4.79 Å². The number of aryl methyl sites for hydroxylation is 2. The smallest absolute Gasteiger partial charge is 0.246 e. The number of amidine groups is 2. The number of fused-ring (bicyclic) bond motifs is 1. The molecule has 1 atom stereocenters. The lowest BCUT2D eigenvalue weighted by atomic mass is 10.1. The standard InChI is InChI=1S/C23H23ClN4O2/c1-14-4-6-16(7-5-14)22-26-19-13-20(29)27-21(19)23(28-22)25-10-3-11-30-17-8-9-18(24)15(2)12-17/h4-9,12-13,21H,3,10-11H2,1-2H3,(H,27,29)(H,25,26,28). The fourth-order valence-corrected chi connectivity index (χ4v) is 3.38. The van der Waals surface area contributed by atoms with E-state index in [0.717, 1.165) is 28.3 Å². The topological polar surface area (TPSA) is 75.1 Å². The van der Waals surface area contributed by atoms with Gasteiger partial charge in [-0.25, -0.2) is 9.98 Å². The largest absolute Gasteiger partial charge is 0.494 e. The summed E-state index contributed by atoms with van der Waals surface area (Å²) in [4.78, 5) is 21.1. The van der Waals surface area contributed by atoms with E-state index in [1.165, 1.54) is 11.6 Å². The minimum atomic E-state index is -0.327. The monoisotopic (exact) mass is 422 g/mol.